The van der Waals surface area contributed by atoms with Crippen molar-refractivity contribution in [1.29, 1.82) is 0 Å². The van der Waals surface area contributed by atoms with Crippen LogP contribution < -0.4 is 5.32 Å². The molecule has 0 spiro atoms. The molecule has 0 aromatic carbocycles. The molecule has 1 heterocycles. The molecule has 1 aromatic heterocycles. The van der Waals surface area contributed by atoms with Gasteiger partial charge < -0.3 is 19.5 Å². The maximum atomic E-state index is 12.2. The van der Waals surface area contributed by atoms with E-state index < -0.39 is 17.9 Å². The summed E-state index contributed by atoms with van der Waals surface area (Å²) in [5.41, 5.74) is 1.20. The predicted molar refractivity (Wildman–Crippen MR) is 97.3 cm³/mol. The van der Waals surface area contributed by atoms with E-state index in [1.807, 2.05) is 0 Å². The first-order chi connectivity index (χ1) is 12.5. The maximum absolute atomic E-state index is 12.2. The van der Waals surface area contributed by atoms with Crippen molar-refractivity contribution in [3.05, 3.63) is 27.8 Å². The molecule has 0 bridgehead atoms. The molecule has 8 heteroatoms. The minimum atomic E-state index is -0.778. The van der Waals surface area contributed by atoms with Gasteiger partial charge in [0.2, 0.25) is 0 Å². The van der Waals surface area contributed by atoms with Crippen molar-refractivity contribution in [2.45, 2.75) is 39.5 Å². The minimum absolute atomic E-state index is 0.135. The zero-order valence-electron chi connectivity index (χ0n) is 15.2. The maximum Gasteiger partial charge on any atom is 0.347 e. The fraction of sp³-hybridized carbons (Fsp3) is 0.500. The smallest absolute Gasteiger partial charge is 0.347 e. The van der Waals surface area contributed by atoms with E-state index in [-0.39, 0.29) is 18.8 Å². The van der Waals surface area contributed by atoms with Gasteiger partial charge in [-0.2, -0.15) is 0 Å². The molecule has 1 N–H and O–H groups in total. The molecule has 0 aliphatic heterocycles. The average molecular weight is 381 g/mol. The molecule has 142 valence electrons. The SMILES string of the molecule is CCOC(=O)C(=CNc1sc2c(c1C(=O)OC)CCCC2)C(=O)OCC. The zero-order valence-corrected chi connectivity index (χ0v) is 16.0. The van der Waals surface area contributed by atoms with Gasteiger partial charge in [0.15, 0.2) is 5.57 Å². The molecule has 0 unspecified atom stereocenters. The lowest BCUT2D eigenvalue weighted by Crippen LogP contribution is -2.19. The van der Waals surface area contributed by atoms with Crippen LogP contribution in [-0.4, -0.2) is 38.2 Å². The summed E-state index contributed by atoms with van der Waals surface area (Å²) in [7, 11) is 1.33. The van der Waals surface area contributed by atoms with Crippen molar-refractivity contribution >= 4 is 34.2 Å². The van der Waals surface area contributed by atoms with Gasteiger partial charge in [-0.25, -0.2) is 14.4 Å². The lowest BCUT2D eigenvalue weighted by Gasteiger charge is -2.11. The highest BCUT2D eigenvalue weighted by atomic mass is 32.1. The fourth-order valence-electron chi connectivity index (χ4n) is 2.74. The lowest BCUT2D eigenvalue weighted by molar-refractivity contribution is -0.146. The molecule has 0 atom stereocenters. The van der Waals surface area contributed by atoms with E-state index in [2.05, 4.69) is 5.32 Å². The van der Waals surface area contributed by atoms with E-state index in [1.54, 1.807) is 13.8 Å². The standard InChI is InChI=1S/C18H23NO6S/c1-4-24-16(20)12(17(21)25-5-2)10-19-15-14(18(22)23-3)11-8-6-7-9-13(11)26-15/h10,19H,4-9H2,1-3H3. The number of ether oxygens (including phenoxy) is 3. The van der Waals surface area contributed by atoms with Gasteiger partial charge in [0, 0.05) is 11.1 Å². The molecule has 2 rings (SSSR count). The summed E-state index contributed by atoms with van der Waals surface area (Å²) in [6, 6.07) is 0. The number of carbonyl (C=O) groups is 3. The molecule has 0 fully saturated rings. The van der Waals surface area contributed by atoms with Crippen molar-refractivity contribution in [2.24, 2.45) is 0 Å². The monoisotopic (exact) mass is 381 g/mol. The number of thiophene rings is 1. The van der Waals surface area contributed by atoms with Gasteiger partial charge in [0.1, 0.15) is 5.00 Å². The first-order valence-corrected chi connectivity index (χ1v) is 9.38. The van der Waals surface area contributed by atoms with Crippen LogP contribution in [0.15, 0.2) is 11.8 Å². The number of esters is 3. The van der Waals surface area contributed by atoms with Crippen molar-refractivity contribution in [3.63, 3.8) is 0 Å². The number of anilines is 1. The van der Waals surface area contributed by atoms with Gasteiger partial charge in [-0.15, -0.1) is 11.3 Å². The summed E-state index contributed by atoms with van der Waals surface area (Å²) in [6.45, 7) is 3.57. The summed E-state index contributed by atoms with van der Waals surface area (Å²) in [4.78, 5) is 37.4. The molecule has 0 radical (unpaired) electrons. The molecular formula is C18H23NO6S. The highest BCUT2D eigenvalue weighted by Crippen LogP contribution is 2.38. The summed E-state index contributed by atoms with van der Waals surface area (Å²) in [5, 5.41) is 3.47. The Labute approximate surface area is 156 Å². The Morgan fingerprint density at radius 2 is 1.69 bits per heavy atom. The quantitative estimate of drug-likeness (QED) is 0.255. The fourth-order valence-corrected chi connectivity index (χ4v) is 3.99. The first kappa shape index (κ1) is 20.0. The van der Waals surface area contributed by atoms with Crippen LogP contribution in [0.25, 0.3) is 0 Å². The molecule has 26 heavy (non-hydrogen) atoms. The number of nitrogens with one attached hydrogen (secondary N) is 1. The second-order valence-corrected chi connectivity index (χ2v) is 6.66. The Morgan fingerprint density at radius 1 is 1.08 bits per heavy atom. The number of rotatable bonds is 7. The Kier molecular flexibility index (Phi) is 7.20. The Hall–Kier alpha value is -2.35. The van der Waals surface area contributed by atoms with Gasteiger partial charge in [-0.1, -0.05) is 0 Å². The van der Waals surface area contributed by atoms with Crippen molar-refractivity contribution in [1.82, 2.24) is 0 Å². The Balaban J connectivity index is 2.36. The number of carbonyl (C=O) groups excluding carboxylic acids is 3. The highest BCUT2D eigenvalue weighted by Gasteiger charge is 2.27. The van der Waals surface area contributed by atoms with Crippen LogP contribution >= 0.6 is 11.3 Å². The summed E-state index contributed by atoms with van der Waals surface area (Å²) >= 11 is 1.44. The van der Waals surface area contributed by atoms with E-state index >= 15 is 0 Å². The summed E-state index contributed by atoms with van der Waals surface area (Å²) < 4.78 is 14.7. The summed E-state index contributed by atoms with van der Waals surface area (Å²) in [6.07, 6.45) is 5.03. The van der Waals surface area contributed by atoms with Crippen LogP contribution in [0, 0.1) is 0 Å². The number of hydrogen-bond donors (Lipinski definition) is 1. The van der Waals surface area contributed by atoms with Crippen LogP contribution in [0.3, 0.4) is 0 Å². The number of fused-ring (bicyclic) bond motifs is 1. The van der Waals surface area contributed by atoms with Crippen LogP contribution in [-0.2, 0) is 36.6 Å². The molecule has 0 amide bonds. The second kappa shape index (κ2) is 9.38. The largest absolute Gasteiger partial charge is 0.465 e. The van der Waals surface area contributed by atoms with Crippen molar-refractivity contribution in [3.8, 4) is 0 Å². The third kappa shape index (κ3) is 4.43. The lowest BCUT2D eigenvalue weighted by atomic mass is 9.95. The third-order valence-electron chi connectivity index (χ3n) is 3.90. The minimum Gasteiger partial charge on any atom is -0.465 e. The van der Waals surface area contributed by atoms with E-state index in [9.17, 15) is 14.4 Å². The van der Waals surface area contributed by atoms with Crippen molar-refractivity contribution < 1.29 is 28.6 Å². The van der Waals surface area contributed by atoms with Crippen LogP contribution in [0.5, 0.6) is 0 Å². The first-order valence-electron chi connectivity index (χ1n) is 8.57. The normalized spacial score (nSPS) is 12.6. The number of hydrogen-bond acceptors (Lipinski definition) is 8. The van der Waals surface area contributed by atoms with Gasteiger partial charge >= 0.3 is 17.9 Å². The highest BCUT2D eigenvalue weighted by molar-refractivity contribution is 7.16. The summed E-state index contributed by atoms with van der Waals surface area (Å²) in [5.74, 6) is -1.99. The van der Waals surface area contributed by atoms with Crippen molar-refractivity contribution in [2.75, 3.05) is 25.6 Å². The van der Waals surface area contributed by atoms with Gasteiger partial charge in [-0.05, 0) is 45.1 Å². The van der Waals surface area contributed by atoms with E-state index in [0.29, 0.717) is 10.6 Å². The van der Waals surface area contributed by atoms with Gasteiger partial charge in [0.25, 0.3) is 0 Å². The Bertz CT molecular complexity index is 702. The topological polar surface area (TPSA) is 90.9 Å². The molecule has 0 saturated carbocycles. The predicted octanol–water partition coefficient (Wildman–Crippen LogP) is 2.84. The third-order valence-corrected chi connectivity index (χ3v) is 5.12. The zero-order chi connectivity index (χ0) is 19.1. The number of methoxy groups -OCH3 is 1. The van der Waals surface area contributed by atoms with E-state index in [4.69, 9.17) is 14.2 Å². The molecule has 0 saturated heterocycles. The van der Waals surface area contributed by atoms with Crippen LogP contribution in [0.1, 0.15) is 47.5 Å². The molecule has 1 aliphatic carbocycles. The molecule has 1 aliphatic rings. The van der Waals surface area contributed by atoms with Gasteiger partial charge in [-0.3, -0.25) is 0 Å². The molecule has 7 nitrogen and oxygen atoms in total. The Morgan fingerprint density at radius 3 is 2.27 bits per heavy atom. The molecular weight excluding hydrogens is 358 g/mol. The molecule has 1 aromatic rings. The van der Waals surface area contributed by atoms with Gasteiger partial charge in [0.05, 0.1) is 25.9 Å². The van der Waals surface area contributed by atoms with E-state index in [1.165, 1.54) is 24.6 Å². The van der Waals surface area contributed by atoms with Crippen LogP contribution in [0.2, 0.25) is 0 Å². The second-order valence-electron chi connectivity index (χ2n) is 5.55. The van der Waals surface area contributed by atoms with Crippen LogP contribution in [0.4, 0.5) is 5.00 Å². The van der Waals surface area contributed by atoms with E-state index in [0.717, 1.165) is 36.1 Å². The number of aryl methyl sites for hydroxylation is 1. The average Bonchev–Trinajstić information content (AvgIpc) is 3.00.